The number of aromatic nitrogens is 2. The highest BCUT2D eigenvalue weighted by Gasteiger charge is 2.20. The summed E-state index contributed by atoms with van der Waals surface area (Å²) >= 11 is 2.30. The Kier molecular flexibility index (Phi) is 9.32. The van der Waals surface area contributed by atoms with E-state index in [-0.39, 0.29) is 12.5 Å². The highest BCUT2D eigenvalue weighted by atomic mass is 127. The topological polar surface area (TPSA) is 57.8 Å². The van der Waals surface area contributed by atoms with Crippen LogP contribution in [0.5, 0.6) is 0 Å². The Morgan fingerprint density at radius 1 is 1.03 bits per heavy atom. The van der Waals surface area contributed by atoms with Crippen LogP contribution in [0, 0.1) is 15.4 Å². The standard InChI is InChI=1S/C27H36IN3O2/c1-19(2)13-15-30(16-14-20(3)4)27(33)22-9-12-25-29-26(21-7-10-23(28)11-8-21)24(6-5-17-32)31(25)18-22/h7-12,18-20,32H,5-6,13-17H2,1-4H3. The molecule has 0 saturated carbocycles. The fourth-order valence-electron chi connectivity index (χ4n) is 3.87. The van der Waals surface area contributed by atoms with Gasteiger partial charge in [0.2, 0.25) is 0 Å². The molecule has 3 rings (SSSR count). The Labute approximate surface area is 211 Å². The fourth-order valence-corrected chi connectivity index (χ4v) is 4.23. The lowest BCUT2D eigenvalue weighted by Gasteiger charge is -2.24. The van der Waals surface area contributed by atoms with E-state index in [0.29, 0.717) is 30.2 Å². The molecule has 6 heteroatoms. The highest BCUT2D eigenvalue weighted by molar-refractivity contribution is 14.1. The molecule has 0 unspecified atom stereocenters. The Bertz CT molecular complexity index is 1050. The van der Waals surface area contributed by atoms with Crippen molar-refractivity contribution in [1.29, 1.82) is 0 Å². The Morgan fingerprint density at radius 3 is 2.24 bits per heavy atom. The number of imidazole rings is 1. The second kappa shape index (κ2) is 12.0. The first-order valence-electron chi connectivity index (χ1n) is 12.0. The Balaban J connectivity index is 1.99. The zero-order valence-corrected chi connectivity index (χ0v) is 22.4. The number of rotatable bonds is 11. The van der Waals surface area contributed by atoms with E-state index >= 15 is 0 Å². The molecule has 0 aliphatic heterocycles. The highest BCUT2D eigenvalue weighted by Crippen LogP contribution is 2.27. The van der Waals surface area contributed by atoms with Gasteiger partial charge in [-0.25, -0.2) is 4.98 Å². The Morgan fingerprint density at radius 2 is 1.67 bits per heavy atom. The second-order valence-corrected chi connectivity index (χ2v) is 10.8. The van der Waals surface area contributed by atoms with Crippen LogP contribution < -0.4 is 0 Å². The third kappa shape index (κ3) is 6.79. The number of carbonyl (C=O) groups is 1. The molecule has 0 bridgehead atoms. The lowest BCUT2D eigenvalue weighted by atomic mass is 10.1. The summed E-state index contributed by atoms with van der Waals surface area (Å²) in [4.78, 5) is 20.4. The first kappa shape index (κ1) is 25.7. The van der Waals surface area contributed by atoms with Gasteiger partial charge < -0.3 is 14.4 Å². The van der Waals surface area contributed by atoms with E-state index in [1.165, 1.54) is 3.57 Å². The van der Waals surface area contributed by atoms with Crippen LogP contribution in [0.4, 0.5) is 0 Å². The van der Waals surface area contributed by atoms with Crippen molar-refractivity contribution in [1.82, 2.24) is 14.3 Å². The minimum atomic E-state index is 0.0795. The molecule has 2 aromatic heterocycles. The molecule has 0 aliphatic carbocycles. The van der Waals surface area contributed by atoms with Gasteiger partial charge >= 0.3 is 0 Å². The maximum atomic E-state index is 13.5. The third-order valence-corrected chi connectivity index (χ3v) is 6.61. The van der Waals surface area contributed by atoms with Crippen molar-refractivity contribution < 1.29 is 9.90 Å². The molecule has 178 valence electrons. The molecule has 0 saturated heterocycles. The number of amides is 1. The van der Waals surface area contributed by atoms with Crippen molar-refractivity contribution in [2.45, 2.75) is 53.4 Å². The van der Waals surface area contributed by atoms with Crippen molar-refractivity contribution in [3.05, 3.63) is 57.4 Å². The van der Waals surface area contributed by atoms with Crippen LogP contribution >= 0.6 is 22.6 Å². The monoisotopic (exact) mass is 561 g/mol. The van der Waals surface area contributed by atoms with E-state index in [1.807, 2.05) is 27.6 Å². The molecule has 0 fully saturated rings. The van der Waals surface area contributed by atoms with Gasteiger partial charge in [-0.15, -0.1) is 0 Å². The fraction of sp³-hybridized carbons (Fsp3) is 0.481. The van der Waals surface area contributed by atoms with Crippen LogP contribution in [0.25, 0.3) is 16.9 Å². The molecule has 0 radical (unpaired) electrons. The van der Waals surface area contributed by atoms with Crippen molar-refractivity contribution in [3.63, 3.8) is 0 Å². The van der Waals surface area contributed by atoms with E-state index in [4.69, 9.17) is 4.98 Å². The average molecular weight is 562 g/mol. The molecule has 33 heavy (non-hydrogen) atoms. The van der Waals surface area contributed by atoms with Crippen LogP contribution in [0.1, 0.15) is 63.0 Å². The summed E-state index contributed by atoms with van der Waals surface area (Å²) in [5, 5.41) is 9.47. The lowest BCUT2D eigenvalue weighted by molar-refractivity contribution is 0.0740. The van der Waals surface area contributed by atoms with Gasteiger partial charge in [-0.05, 0) is 84.4 Å². The van der Waals surface area contributed by atoms with Gasteiger partial charge in [0.1, 0.15) is 5.65 Å². The van der Waals surface area contributed by atoms with Crippen LogP contribution in [-0.4, -0.2) is 45.0 Å². The van der Waals surface area contributed by atoms with Gasteiger partial charge in [0.15, 0.2) is 0 Å². The normalized spacial score (nSPS) is 11.6. The number of fused-ring (bicyclic) bond motifs is 1. The summed E-state index contributed by atoms with van der Waals surface area (Å²) < 4.78 is 3.21. The number of pyridine rings is 1. The van der Waals surface area contributed by atoms with E-state index in [0.717, 1.165) is 48.5 Å². The summed E-state index contributed by atoms with van der Waals surface area (Å²) in [6.07, 6.45) is 5.27. The Hall–Kier alpha value is -1.93. The van der Waals surface area contributed by atoms with Crippen LogP contribution in [0.3, 0.4) is 0 Å². The predicted octanol–water partition coefficient (Wildman–Crippen LogP) is 6.07. The summed E-state index contributed by atoms with van der Waals surface area (Å²) in [6, 6.07) is 12.2. The number of aliphatic hydroxyl groups is 1. The SMILES string of the molecule is CC(C)CCN(CCC(C)C)C(=O)c1ccc2nc(-c3ccc(I)cc3)c(CCCO)n2c1. The van der Waals surface area contributed by atoms with Gasteiger partial charge in [-0.3, -0.25) is 4.79 Å². The largest absolute Gasteiger partial charge is 0.396 e. The molecule has 1 aromatic carbocycles. The van der Waals surface area contributed by atoms with Crippen molar-refractivity contribution in [3.8, 4) is 11.3 Å². The molecular formula is C27H36IN3O2. The molecule has 1 amide bonds. The van der Waals surface area contributed by atoms with Crippen LogP contribution in [0.2, 0.25) is 0 Å². The molecule has 0 atom stereocenters. The molecule has 3 aromatic rings. The summed E-state index contributed by atoms with van der Waals surface area (Å²) in [5.74, 6) is 1.19. The number of halogens is 1. The number of aliphatic hydroxyl groups excluding tert-OH is 1. The van der Waals surface area contributed by atoms with Gasteiger partial charge in [-0.1, -0.05) is 39.8 Å². The van der Waals surface area contributed by atoms with Crippen molar-refractivity contribution in [2.24, 2.45) is 11.8 Å². The molecular weight excluding hydrogens is 525 g/mol. The molecule has 1 N–H and O–H groups in total. The number of aryl methyl sites for hydroxylation is 1. The zero-order valence-electron chi connectivity index (χ0n) is 20.2. The maximum absolute atomic E-state index is 13.5. The maximum Gasteiger partial charge on any atom is 0.255 e. The number of nitrogens with zero attached hydrogens (tertiary/aromatic N) is 3. The van der Waals surface area contributed by atoms with E-state index < -0.39 is 0 Å². The lowest BCUT2D eigenvalue weighted by Crippen LogP contribution is -2.34. The molecule has 5 nitrogen and oxygen atoms in total. The van der Waals surface area contributed by atoms with Gasteiger partial charge in [0, 0.05) is 35.0 Å². The first-order valence-corrected chi connectivity index (χ1v) is 13.0. The first-order chi connectivity index (χ1) is 15.8. The average Bonchev–Trinajstić information content (AvgIpc) is 3.15. The molecule has 0 spiro atoms. The zero-order chi connectivity index (χ0) is 24.0. The minimum Gasteiger partial charge on any atom is -0.396 e. The summed E-state index contributed by atoms with van der Waals surface area (Å²) in [6.45, 7) is 10.5. The molecule has 2 heterocycles. The third-order valence-electron chi connectivity index (χ3n) is 5.89. The van der Waals surface area contributed by atoms with Crippen molar-refractivity contribution in [2.75, 3.05) is 19.7 Å². The van der Waals surface area contributed by atoms with Gasteiger partial charge in [-0.2, -0.15) is 0 Å². The predicted molar refractivity (Wildman–Crippen MR) is 144 cm³/mol. The van der Waals surface area contributed by atoms with E-state index in [1.54, 1.807) is 0 Å². The van der Waals surface area contributed by atoms with E-state index in [9.17, 15) is 9.90 Å². The van der Waals surface area contributed by atoms with Crippen LogP contribution in [0.15, 0.2) is 42.6 Å². The van der Waals surface area contributed by atoms with Crippen LogP contribution in [-0.2, 0) is 6.42 Å². The number of hydrogen-bond acceptors (Lipinski definition) is 3. The van der Waals surface area contributed by atoms with E-state index in [2.05, 4.69) is 74.6 Å². The van der Waals surface area contributed by atoms with Gasteiger partial charge in [0.05, 0.1) is 17.0 Å². The second-order valence-electron chi connectivity index (χ2n) is 9.54. The van der Waals surface area contributed by atoms with Gasteiger partial charge in [0.25, 0.3) is 5.91 Å². The summed E-state index contributed by atoms with van der Waals surface area (Å²) in [7, 11) is 0. The quantitative estimate of drug-likeness (QED) is 0.290. The number of carbonyl (C=O) groups excluding carboxylic acids is 1. The summed E-state index contributed by atoms with van der Waals surface area (Å²) in [5.41, 5.74) is 4.51. The van der Waals surface area contributed by atoms with Crippen molar-refractivity contribution >= 4 is 34.1 Å². The minimum absolute atomic E-state index is 0.0795. The molecule has 0 aliphatic rings. The number of benzene rings is 1. The number of hydrogen-bond donors (Lipinski definition) is 1. The smallest absolute Gasteiger partial charge is 0.255 e.